The molecule has 134 valence electrons. The molecule has 0 radical (unpaired) electrons. The number of hydrogen-bond donors (Lipinski definition) is 2. The Morgan fingerprint density at radius 3 is 1.74 bits per heavy atom. The van der Waals surface area contributed by atoms with Crippen LogP contribution < -0.4 is 10.6 Å². The van der Waals surface area contributed by atoms with Gasteiger partial charge < -0.3 is 10.6 Å². The zero-order chi connectivity index (χ0) is 19.1. The summed E-state index contributed by atoms with van der Waals surface area (Å²) in [4.78, 5) is 11.3. The van der Waals surface area contributed by atoms with E-state index in [0.717, 1.165) is 22.7 Å². The van der Waals surface area contributed by atoms with Gasteiger partial charge in [0.25, 0.3) is 0 Å². The third-order valence-corrected chi connectivity index (χ3v) is 3.92. The monoisotopic (exact) mass is 374 g/mol. The van der Waals surface area contributed by atoms with Crippen molar-refractivity contribution in [3.8, 4) is 0 Å². The van der Waals surface area contributed by atoms with Crippen molar-refractivity contribution in [3.63, 3.8) is 0 Å². The molecular formula is C21H18N4OS. The molecule has 0 saturated heterocycles. The number of carbonyl (C=O) groups excluding carboxylic acids is 1. The lowest BCUT2D eigenvalue weighted by Gasteiger charge is -2.11. The second-order valence-electron chi connectivity index (χ2n) is 5.80. The third-order valence-electron chi connectivity index (χ3n) is 3.71. The number of nitrogens with one attached hydrogen (secondary N) is 2. The summed E-state index contributed by atoms with van der Waals surface area (Å²) < 4.78 is 0. The molecule has 0 amide bonds. The highest BCUT2D eigenvalue weighted by Gasteiger charge is 2.02. The van der Waals surface area contributed by atoms with Gasteiger partial charge in [0.15, 0.2) is 10.9 Å². The number of Topliss-reactive ketones (excluding diaryl/α,β-unsaturated/α-hetero) is 1. The lowest BCUT2D eigenvalue weighted by Crippen LogP contribution is -2.18. The van der Waals surface area contributed by atoms with Gasteiger partial charge >= 0.3 is 0 Å². The summed E-state index contributed by atoms with van der Waals surface area (Å²) in [6.45, 7) is 1.54. The van der Waals surface area contributed by atoms with Crippen LogP contribution in [0.15, 0.2) is 89.1 Å². The number of hydrogen-bond acceptors (Lipinski definition) is 4. The molecule has 6 heteroatoms. The van der Waals surface area contributed by atoms with E-state index in [1.54, 1.807) is 12.1 Å². The van der Waals surface area contributed by atoms with Crippen molar-refractivity contribution in [3.05, 3.63) is 84.4 Å². The quantitative estimate of drug-likeness (QED) is 0.321. The van der Waals surface area contributed by atoms with Crippen LogP contribution in [0.3, 0.4) is 0 Å². The molecule has 0 aliphatic heterocycles. The van der Waals surface area contributed by atoms with Crippen molar-refractivity contribution < 1.29 is 4.79 Å². The first kappa shape index (κ1) is 18.4. The molecule has 3 aromatic rings. The minimum Gasteiger partial charge on any atom is -0.332 e. The molecule has 0 aromatic heterocycles. The van der Waals surface area contributed by atoms with E-state index in [9.17, 15) is 4.79 Å². The van der Waals surface area contributed by atoms with Crippen molar-refractivity contribution in [2.75, 3.05) is 10.6 Å². The molecular weight excluding hydrogens is 356 g/mol. The molecule has 27 heavy (non-hydrogen) atoms. The fraction of sp³-hybridized carbons (Fsp3) is 0.0476. The fourth-order valence-electron chi connectivity index (χ4n) is 2.30. The summed E-state index contributed by atoms with van der Waals surface area (Å²) >= 11 is 5.32. The van der Waals surface area contributed by atoms with E-state index >= 15 is 0 Å². The van der Waals surface area contributed by atoms with E-state index in [2.05, 4.69) is 20.9 Å². The van der Waals surface area contributed by atoms with Gasteiger partial charge in [-0.25, -0.2) is 0 Å². The summed E-state index contributed by atoms with van der Waals surface area (Å²) in [6.07, 6.45) is 0. The molecule has 3 rings (SSSR count). The predicted molar refractivity (Wildman–Crippen MR) is 113 cm³/mol. The largest absolute Gasteiger partial charge is 0.332 e. The van der Waals surface area contributed by atoms with Crippen LogP contribution in [-0.2, 0) is 0 Å². The van der Waals surface area contributed by atoms with Gasteiger partial charge in [0.2, 0.25) is 0 Å². The lowest BCUT2D eigenvalue weighted by atomic mass is 10.1. The molecule has 0 saturated carbocycles. The summed E-state index contributed by atoms with van der Waals surface area (Å²) in [5, 5.41) is 15.1. The first-order valence-electron chi connectivity index (χ1n) is 8.36. The normalized spacial score (nSPS) is 10.6. The maximum absolute atomic E-state index is 11.3. The average Bonchev–Trinajstić information content (AvgIpc) is 2.68. The summed E-state index contributed by atoms with van der Waals surface area (Å²) in [5.41, 5.74) is 3.88. The average molecular weight is 374 g/mol. The van der Waals surface area contributed by atoms with Gasteiger partial charge in [-0.2, -0.15) is 10.2 Å². The SMILES string of the molecule is CC(=O)c1ccc(NC(=S)Nc2ccc(N=Nc3ccccc3)cc2)cc1. The van der Waals surface area contributed by atoms with Crippen LogP contribution in [0, 0.1) is 0 Å². The zero-order valence-corrected chi connectivity index (χ0v) is 15.5. The van der Waals surface area contributed by atoms with Gasteiger partial charge in [-0.3, -0.25) is 4.79 Å². The van der Waals surface area contributed by atoms with Gasteiger partial charge in [-0.1, -0.05) is 18.2 Å². The maximum Gasteiger partial charge on any atom is 0.175 e. The molecule has 0 spiro atoms. The Kier molecular flexibility index (Phi) is 6.02. The number of thiocarbonyl (C=S) groups is 1. The van der Waals surface area contributed by atoms with Crippen LogP contribution in [0.4, 0.5) is 22.7 Å². The Bertz CT molecular complexity index is 952. The van der Waals surface area contributed by atoms with Crippen molar-refractivity contribution >= 4 is 45.9 Å². The minimum absolute atomic E-state index is 0.0340. The van der Waals surface area contributed by atoms with Gasteiger partial charge in [-0.15, -0.1) is 0 Å². The van der Waals surface area contributed by atoms with Crippen LogP contribution in [-0.4, -0.2) is 10.9 Å². The van der Waals surface area contributed by atoms with E-state index in [1.165, 1.54) is 6.92 Å². The number of azo groups is 1. The van der Waals surface area contributed by atoms with E-state index in [-0.39, 0.29) is 5.78 Å². The maximum atomic E-state index is 11.3. The topological polar surface area (TPSA) is 65.8 Å². The van der Waals surface area contributed by atoms with Gasteiger partial charge in [0.05, 0.1) is 11.4 Å². The highest BCUT2D eigenvalue weighted by Crippen LogP contribution is 2.20. The summed E-state index contributed by atoms with van der Waals surface area (Å²) in [7, 11) is 0. The van der Waals surface area contributed by atoms with Crippen molar-refractivity contribution in [2.24, 2.45) is 10.2 Å². The van der Waals surface area contributed by atoms with Crippen molar-refractivity contribution in [1.29, 1.82) is 0 Å². The first-order chi connectivity index (χ1) is 13.1. The van der Waals surface area contributed by atoms with Crippen LogP contribution in [0.1, 0.15) is 17.3 Å². The second kappa shape index (κ2) is 8.82. The summed E-state index contributed by atoms with van der Waals surface area (Å²) in [5.74, 6) is 0.0340. The molecule has 0 aliphatic carbocycles. The van der Waals surface area contributed by atoms with Gasteiger partial charge in [0.1, 0.15) is 0 Å². The number of rotatable bonds is 5. The van der Waals surface area contributed by atoms with E-state index in [1.807, 2.05) is 66.7 Å². The molecule has 2 N–H and O–H groups in total. The molecule has 0 bridgehead atoms. The Balaban J connectivity index is 1.56. The molecule has 0 atom stereocenters. The van der Waals surface area contributed by atoms with Crippen LogP contribution in [0.25, 0.3) is 0 Å². The van der Waals surface area contributed by atoms with E-state index in [0.29, 0.717) is 10.7 Å². The number of benzene rings is 3. The smallest absolute Gasteiger partial charge is 0.175 e. The zero-order valence-electron chi connectivity index (χ0n) is 14.7. The van der Waals surface area contributed by atoms with Crippen LogP contribution in [0.5, 0.6) is 0 Å². The Labute approximate surface area is 163 Å². The molecule has 0 fully saturated rings. The number of nitrogens with zero attached hydrogens (tertiary/aromatic N) is 2. The molecule has 0 heterocycles. The van der Waals surface area contributed by atoms with Crippen LogP contribution >= 0.6 is 12.2 Å². The Hall–Kier alpha value is -3.38. The molecule has 0 aliphatic rings. The van der Waals surface area contributed by atoms with Gasteiger partial charge in [-0.05, 0) is 79.8 Å². The predicted octanol–water partition coefficient (Wildman–Crippen LogP) is 6.11. The third kappa shape index (κ3) is 5.55. The standard InChI is InChI=1S/C21H18N4OS/c1-15(26)16-7-9-17(10-8-16)22-21(27)23-18-11-13-20(14-12-18)25-24-19-5-3-2-4-6-19/h2-14H,1H3,(H2,22,23,27). The van der Waals surface area contributed by atoms with E-state index in [4.69, 9.17) is 12.2 Å². The first-order valence-corrected chi connectivity index (χ1v) is 8.77. The minimum atomic E-state index is 0.0340. The number of anilines is 2. The highest BCUT2D eigenvalue weighted by molar-refractivity contribution is 7.80. The fourth-order valence-corrected chi connectivity index (χ4v) is 2.54. The van der Waals surface area contributed by atoms with Crippen LogP contribution in [0.2, 0.25) is 0 Å². The van der Waals surface area contributed by atoms with Crippen molar-refractivity contribution in [2.45, 2.75) is 6.92 Å². The molecule has 0 unspecified atom stereocenters. The number of carbonyl (C=O) groups is 1. The second-order valence-corrected chi connectivity index (χ2v) is 6.20. The van der Waals surface area contributed by atoms with E-state index < -0.39 is 0 Å². The Morgan fingerprint density at radius 1 is 0.741 bits per heavy atom. The van der Waals surface area contributed by atoms with Gasteiger partial charge in [0, 0.05) is 16.9 Å². The van der Waals surface area contributed by atoms with Crippen molar-refractivity contribution in [1.82, 2.24) is 0 Å². The Morgan fingerprint density at radius 2 is 1.22 bits per heavy atom. The number of ketones is 1. The lowest BCUT2D eigenvalue weighted by molar-refractivity contribution is 0.101. The molecule has 3 aromatic carbocycles. The highest BCUT2D eigenvalue weighted by atomic mass is 32.1. The molecule has 5 nitrogen and oxygen atoms in total. The summed E-state index contributed by atoms with van der Waals surface area (Å²) in [6, 6.07) is 24.2.